The van der Waals surface area contributed by atoms with Gasteiger partial charge in [-0.15, -0.1) is 0 Å². The number of carbonyl (C=O) groups excluding carboxylic acids is 3. The average molecular weight is 411 g/mol. The molecule has 3 aromatic rings. The standard InChI is InChI=1S/C21H12ClFN2O4/c22-13-3-7-15(8-4-13)25-20(27)17(19(26)24-21(25)28)11-16-9-10-18(29-16)12-1-5-14(23)6-2-12/h1-11H,(H,24,26,28)/b17-11-. The minimum Gasteiger partial charge on any atom is -0.457 e. The molecule has 1 saturated heterocycles. The maximum absolute atomic E-state index is 13.1. The second kappa shape index (κ2) is 7.37. The van der Waals surface area contributed by atoms with Crippen LogP contribution in [0.3, 0.4) is 0 Å². The smallest absolute Gasteiger partial charge is 0.335 e. The van der Waals surface area contributed by atoms with E-state index in [2.05, 4.69) is 5.32 Å². The number of urea groups is 1. The molecule has 8 heteroatoms. The molecule has 1 N–H and O–H groups in total. The van der Waals surface area contributed by atoms with E-state index in [1.807, 2.05) is 0 Å². The summed E-state index contributed by atoms with van der Waals surface area (Å²) in [5, 5.41) is 2.57. The van der Waals surface area contributed by atoms with Gasteiger partial charge in [0.1, 0.15) is 22.9 Å². The molecule has 0 aliphatic carbocycles. The molecule has 0 spiro atoms. The summed E-state index contributed by atoms with van der Waals surface area (Å²) in [5.74, 6) is -1.33. The first kappa shape index (κ1) is 18.6. The Hall–Kier alpha value is -3.71. The molecular formula is C21H12ClFN2O4. The Morgan fingerprint density at radius 3 is 2.31 bits per heavy atom. The maximum atomic E-state index is 13.1. The van der Waals surface area contributed by atoms with E-state index in [-0.39, 0.29) is 22.8 Å². The van der Waals surface area contributed by atoms with Gasteiger partial charge in [0.25, 0.3) is 11.8 Å². The van der Waals surface area contributed by atoms with Gasteiger partial charge < -0.3 is 4.42 Å². The lowest BCUT2D eigenvalue weighted by Crippen LogP contribution is -2.54. The topological polar surface area (TPSA) is 79.6 Å². The van der Waals surface area contributed by atoms with E-state index >= 15 is 0 Å². The zero-order valence-corrected chi connectivity index (χ0v) is 15.4. The van der Waals surface area contributed by atoms with Crippen LogP contribution >= 0.6 is 11.6 Å². The van der Waals surface area contributed by atoms with Gasteiger partial charge in [-0.1, -0.05) is 11.6 Å². The highest BCUT2D eigenvalue weighted by molar-refractivity contribution is 6.39. The Morgan fingerprint density at radius 2 is 1.62 bits per heavy atom. The third-order valence-electron chi connectivity index (χ3n) is 4.23. The van der Waals surface area contributed by atoms with Gasteiger partial charge in [0, 0.05) is 10.6 Å². The summed E-state index contributed by atoms with van der Waals surface area (Å²) in [5.41, 5.74) is 0.634. The molecule has 29 heavy (non-hydrogen) atoms. The molecule has 144 valence electrons. The summed E-state index contributed by atoms with van der Waals surface area (Å²) in [6.07, 6.45) is 1.25. The van der Waals surface area contributed by atoms with Gasteiger partial charge in [0.15, 0.2) is 0 Å². The zero-order chi connectivity index (χ0) is 20.5. The van der Waals surface area contributed by atoms with E-state index in [0.29, 0.717) is 16.3 Å². The number of furan rings is 1. The van der Waals surface area contributed by atoms with Crippen molar-refractivity contribution in [3.8, 4) is 11.3 Å². The quantitative estimate of drug-likeness (QED) is 0.512. The zero-order valence-electron chi connectivity index (χ0n) is 14.7. The summed E-state index contributed by atoms with van der Waals surface area (Å²) in [6, 6.07) is 14.1. The van der Waals surface area contributed by atoms with Crippen molar-refractivity contribution in [3.05, 3.63) is 82.8 Å². The minimum absolute atomic E-state index is 0.230. The van der Waals surface area contributed by atoms with E-state index < -0.39 is 17.8 Å². The number of amides is 4. The summed E-state index contributed by atoms with van der Waals surface area (Å²) in [7, 11) is 0. The second-order valence-corrected chi connectivity index (χ2v) is 6.58. The molecule has 0 bridgehead atoms. The molecule has 0 unspecified atom stereocenters. The Labute approximate surface area is 169 Å². The van der Waals surface area contributed by atoms with Crippen LogP contribution in [0.5, 0.6) is 0 Å². The van der Waals surface area contributed by atoms with E-state index in [1.54, 1.807) is 24.3 Å². The van der Waals surface area contributed by atoms with Crippen LogP contribution in [0.2, 0.25) is 5.02 Å². The van der Waals surface area contributed by atoms with Crippen molar-refractivity contribution in [1.82, 2.24) is 5.32 Å². The van der Waals surface area contributed by atoms with Crippen molar-refractivity contribution in [2.45, 2.75) is 0 Å². The molecular weight excluding hydrogens is 399 g/mol. The predicted octanol–water partition coefficient (Wildman–Crippen LogP) is 4.41. The average Bonchev–Trinajstić information content (AvgIpc) is 3.16. The van der Waals surface area contributed by atoms with Crippen molar-refractivity contribution in [2.75, 3.05) is 4.90 Å². The fraction of sp³-hybridized carbons (Fsp3) is 0. The molecule has 0 radical (unpaired) electrons. The summed E-state index contributed by atoms with van der Waals surface area (Å²) in [6.45, 7) is 0. The van der Waals surface area contributed by atoms with E-state index in [9.17, 15) is 18.8 Å². The van der Waals surface area contributed by atoms with Gasteiger partial charge in [-0.25, -0.2) is 14.1 Å². The molecule has 1 aliphatic heterocycles. The number of rotatable bonds is 3. The maximum Gasteiger partial charge on any atom is 0.335 e. The summed E-state index contributed by atoms with van der Waals surface area (Å²) in [4.78, 5) is 38.0. The summed E-state index contributed by atoms with van der Waals surface area (Å²) < 4.78 is 18.7. The van der Waals surface area contributed by atoms with Gasteiger partial charge >= 0.3 is 6.03 Å². The molecule has 0 atom stereocenters. The number of benzene rings is 2. The van der Waals surface area contributed by atoms with Crippen molar-refractivity contribution < 1.29 is 23.2 Å². The van der Waals surface area contributed by atoms with Crippen LogP contribution in [-0.4, -0.2) is 17.8 Å². The van der Waals surface area contributed by atoms with Crippen LogP contribution in [0.25, 0.3) is 17.4 Å². The van der Waals surface area contributed by atoms with Crippen molar-refractivity contribution >= 4 is 41.2 Å². The first-order valence-electron chi connectivity index (χ1n) is 8.45. The predicted molar refractivity (Wildman–Crippen MR) is 105 cm³/mol. The van der Waals surface area contributed by atoms with E-state index in [4.69, 9.17) is 16.0 Å². The number of imide groups is 2. The van der Waals surface area contributed by atoms with Crippen LogP contribution in [0.1, 0.15) is 5.76 Å². The van der Waals surface area contributed by atoms with Crippen LogP contribution in [0, 0.1) is 5.82 Å². The molecule has 6 nitrogen and oxygen atoms in total. The largest absolute Gasteiger partial charge is 0.457 e. The third-order valence-corrected chi connectivity index (χ3v) is 4.48. The SMILES string of the molecule is O=C1NC(=O)N(c2ccc(Cl)cc2)C(=O)/C1=C\c1ccc(-c2ccc(F)cc2)o1. The lowest BCUT2D eigenvalue weighted by Gasteiger charge is -2.26. The molecule has 1 aliphatic rings. The van der Waals surface area contributed by atoms with Gasteiger partial charge in [-0.05, 0) is 66.7 Å². The third kappa shape index (κ3) is 3.68. The van der Waals surface area contributed by atoms with Crippen LogP contribution in [0.4, 0.5) is 14.9 Å². The van der Waals surface area contributed by atoms with Gasteiger partial charge in [0.05, 0.1) is 5.69 Å². The van der Waals surface area contributed by atoms with E-state index in [1.165, 1.54) is 42.5 Å². The lowest BCUT2D eigenvalue weighted by atomic mass is 10.1. The number of nitrogens with one attached hydrogen (secondary N) is 1. The highest BCUT2D eigenvalue weighted by atomic mass is 35.5. The van der Waals surface area contributed by atoms with Gasteiger partial charge in [-0.3, -0.25) is 14.9 Å². The minimum atomic E-state index is -0.856. The first-order valence-corrected chi connectivity index (χ1v) is 8.83. The monoisotopic (exact) mass is 410 g/mol. The van der Waals surface area contributed by atoms with Gasteiger partial charge in [-0.2, -0.15) is 0 Å². The number of nitrogens with zero attached hydrogens (tertiary/aromatic N) is 1. The number of hydrogen-bond acceptors (Lipinski definition) is 4. The first-order chi connectivity index (χ1) is 13.9. The number of halogens is 2. The number of hydrogen-bond donors (Lipinski definition) is 1. The molecule has 1 aromatic heterocycles. The fourth-order valence-corrected chi connectivity index (χ4v) is 2.95. The highest BCUT2D eigenvalue weighted by Crippen LogP contribution is 2.26. The normalized spacial score (nSPS) is 15.7. The van der Waals surface area contributed by atoms with E-state index in [0.717, 1.165) is 4.90 Å². The lowest BCUT2D eigenvalue weighted by molar-refractivity contribution is -0.122. The van der Waals surface area contributed by atoms with Crippen LogP contribution in [-0.2, 0) is 9.59 Å². The van der Waals surface area contributed by atoms with Crippen molar-refractivity contribution in [1.29, 1.82) is 0 Å². The Morgan fingerprint density at radius 1 is 0.931 bits per heavy atom. The van der Waals surface area contributed by atoms with Crippen LogP contribution < -0.4 is 10.2 Å². The molecule has 4 amide bonds. The number of barbiturate groups is 1. The Balaban J connectivity index is 1.66. The molecule has 1 fully saturated rings. The van der Waals surface area contributed by atoms with Crippen molar-refractivity contribution in [3.63, 3.8) is 0 Å². The van der Waals surface area contributed by atoms with Crippen molar-refractivity contribution in [2.24, 2.45) is 0 Å². The molecule has 2 heterocycles. The summed E-state index contributed by atoms with van der Waals surface area (Å²) >= 11 is 5.84. The second-order valence-electron chi connectivity index (χ2n) is 6.14. The molecule has 2 aromatic carbocycles. The number of anilines is 1. The fourth-order valence-electron chi connectivity index (χ4n) is 2.82. The Bertz CT molecular complexity index is 1150. The molecule has 4 rings (SSSR count). The highest BCUT2D eigenvalue weighted by Gasteiger charge is 2.37. The Kier molecular flexibility index (Phi) is 4.74. The van der Waals surface area contributed by atoms with Gasteiger partial charge in [0.2, 0.25) is 0 Å². The molecule has 0 saturated carbocycles. The van der Waals surface area contributed by atoms with Crippen LogP contribution in [0.15, 0.2) is 70.7 Å². The number of carbonyl (C=O) groups is 3.